The van der Waals surface area contributed by atoms with E-state index in [9.17, 15) is 4.79 Å². The zero-order valence-corrected chi connectivity index (χ0v) is 12.8. The number of hydrogen-bond donors (Lipinski definition) is 1. The summed E-state index contributed by atoms with van der Waals surface area (Å²) in [7, 11) is 0. The van der Waals surface area contributed by atoms with Gasteiger partial charge in [0.25, 0.3) is 0 Å². The predicted octanol–water partition coefficient (Wildman–Crippen LogP) is 2.61. The number of amides is 1. The van der Waals surface area contributed by atoms with Crippen molar-refractivity contribution in [2.75, 3.05) is 6.54 Å². The van der Waals surface area contributed by atoms with Gasteiger partial charge in [-0.15, -0.1) is 0 Å². The molecule has 0 aromatic heterocycles. The molecule has 0 saturated carbocycles. The largest absolute Gasteiger partial charge is 0.339 e. The summed E-state index contributed by atoms with van der Waals surface area (Å²) >= 11 is 0. The summed E-state index contributed by atoms with van der Waals surface area (Å²) in [5, 5.41) is 3.36. The van der Waals surface area contributed by atoms with Crippen molar-refractivity contribution in [3.05, 3.63) is 35.9 Å². The van der Waals surface area contributed by atoms with Crippen molar-refractivity contribution >= 4 is 5.91 Å². The molecule has 0 aliphatic carbocycles. The van der Waals surface area contributed by atoms with Crippen molar-refractivity contribution < 1.29 is 4.79 Å². The Bertz CT molecular complexity index is 430. The van der Waals surface area contributed by atoms with Crippen LogP contribution in [0.3, 0.4) is 0 Å². The van der Waals surface area contributed by atoms with Crippen molar-refractivity contribution in [1.29, 1.82) is 0 Å². The van der Waals surface area contributed by atoms with Gasteiger partial charge in [0, 0.05) is 18.6 Å². The molecule has 2 unspecified atom stereocenters. The number of rotatable bonds is 6. The maximum atomic E-state index is 12.4. The minimum absolute atomic E-state index is 0.0224. The third-order valence-corrected chi connectivity index (χ3v) is 4.00. The van der Waals surface area contributed by atoms with Crippen molar-refractivity contribution in [2.24, 2.45) is 0 Å². The summed E-state index contributed by atoms with van der Waals surface area (Å²) in [6, 6.07) is 11.2. The van der Waals surface area contributed by atoms with Gasteiger partial charge in [-0.1, -0.05) is 44.2 Å². The molecule has 2 atom stereocenters. The van der Waals surface area contributed by atoms with Gasteiger partial charge in [0.1, 0.15) is 0 Å². The highest BCUT2D eigenvalue weighted by Crippen LogP contribution is 2.18. The van der Waals surface area contributed by atoms with Crippen LogP contribution in [-0.4, -0.2) is 35.5 Å². The Morgan fingerprint density at radius 2 is 1.95 bits per heavy atom. The van der Waals surface area contributed by atoms with E-state index < -0.39 is 0 Å². The second-order valence-electron chi connectivity index (χ2n) is 6.07. The third kappa shape index (κ3) is 3.83. The molecule has 0 radical (unpaired) electrons. The highest BCUT2D eigenvalue weighted by atomic mass is 16.2. The van der Waals surface area contributed by atoms with Crippen molar-refractivity contribution in [1.82, 2.24) is 10.2 Å². The van der Waals surface area contributed by atoms with Gasteiger partial charge in [0.15, 0.2) is 0 Å². The molecule has 1 fully saturated rings. The van der Waals surface area contributed by atoms with Crippen molar-refractivity contribution in [2.45, 2.75) is 58.2 Å². The van der Waals surface area contributed by atoms with Crippen LogP contribution >= 0.6 is 0 Å². The van der Waals surface area contributed by atoms with Gasteiger partial charge in [-0.05, 0) is 31.7 Å². The third-order valence-electron chi connectivity index (χ3n) is 4.00. The molecular formula is C17H26N2O. The predicted molar refractivity (Wildman–Crippen MR) is 82.6 cm³/mol. The lowest BCUT2D eigenvalue weighted by atomic mass is 10.1. The molecule has 1 amide bonds. The first-order valence-electron chi connectivity index (χ1n) is 7.68. The average Bonchev–Trinajstić information content (AvgIpc) is 2.78. The number of aryl methyl sites for hydroxylation is 1. The normalized spacial score (nSPS) is 20.7. The van der Waals surface area contributed by atoms with E-state index in [0.29, 0.717) is 12.1 Å². The molecule has 110 valence electrons. The molecule has 1 aromatic carbocycles. The Morgan fingerprint density at radius 3 is 2.60 bits per heavy atom. The van der Waals surface area contributed by atoms with E-state index in [1.165, 1.54) is 5.56 Å². The molecule has 2 rings (SSSR count). The summed E-state index contributed by atoms with van der Waals surface area (Å²) < 4.78 is 0. The van der Waals surface area contributed by atoms with Crippen molar-refractivity contribution in [3.8, 4) is 0 Å². The first-order valence-corrected chi connectivity index (χ1v) is 7.68. The van der Waals surface area contributed by atoms with Gasteiger partial charge in [0.2, 0.25) is 5.91 Å². The molecule has 1 saturated heterocycles. The monoisotopic (exact) mass is 274 g/mol. The average molecular weight is 274 g/mol. The molecule has 0 spiro atoms. The Morgan fingerprint density at radius 1 is 1.25 bits per heavy atom. The SMILES string of the molecule is CC(C)NC1CCN(C(C)CCc2ccccc2)C1=O. The summed E-state index contributed by atoms with van der Waals surface area (Å²) in [5.41, 5.74) is 1.35. The molecule has 3 nitrogen and oxygen atoms in total. The maximum Gasteiger partial charge on any atom is 0.240 e. The molecule has 1 aliphatic rings. The molecular weight excluding hydrogens is 248 g/mol. The van der Waals surface area contributed by atoms with Gasteiger partial charge < -0.3 is 10.2 Å². The first-order chi connectivity index (χ1) is 9.58. The van der Waals surface area contributed by atoms with Gasteiger partial charge in [-0.2, -0.15) is 0 Å². The van der Waals surface area contributed by atoms with Crippen LogP contribution in [0.5, 0.6) is 0 Å². The quantitative estimate of drug-likeness (QED) is 0.865. The minimum atomic E-state index is 0.0224. The van der Waals surface area contributed by atoms with Crippen molar-refractivity contribution in [3.63, 3.8) is 0 Å². The summed E-state index contributed by atoms with van der Waals surface area (Å²) in [6.45, 7) is 7.24. The van der Waals surface area contributed by atoms with E-state index in [1.807, 2.05) is 11.0 Å². The summed E-state index contributed by atoms with van der Waals surface area (Å²) in [6.07, 6.45) is 3.00. The number of carbonyl (C=O) groups is 1. The maximum absolute atomic E-state index is 12.4. The van der Waals surface area contributed by atoms with E-state index in [-0.39, 0.29) is 11.9 Å². The fourth-order valence-corrected chi connectivity index (χ4v) is 2.87. The first kappa shape index (κ1) is 15.0. The van der Waals surface area contributed by atoms with E-state index in [0.717, 1.165) is 25.8 Å². The second-order valence-corrected chi connectivity index (χ2v) is 6.07. The molecule has 0 bridgehead atoms. The molecule has 1 N–H and O–H groups in total. The Hall–Kier alpha value is -1.35. The van der Waals surface area contributed by atoms with Crippen LogP contribution in [0.4, 0.5) is 0 Å². The van der Waals surface area contributed by atoms with Crippen LogP contribution in [0.25, 0.3) is 0 Å². The van der Waals surface area contributed by atoms with Gasteiger partial charge >= 0.3 is 0 Å². The standard InChI is InChI=1S/C17H26N2O/c1-13(2)18-16-11-12-19(17(16)20)14(3)9-10-15-7-5-4-6-8-15/h4-8,13-14,16,18H,9-12H2,1-3H3. The molecule has 1 aromatic rings. The molecule has 3 heteroatoms. The van der Waals surface area contributed by atoms with E-state index in [2.05, 4.69) is 50.4 Å². The Labute approximate surface area is 122 Å². The topological polar surface area (TPSA) is 32.3 Å². The zero-order chi connectivity index (χ0) is 14.5. The van der Waals surface area contributed by atoms with Crippen LogP contribution < -0.4 is 5.32 Å². The second kappa shape index (κ2) is 6.89. The van der Waals surface area contributed by atoms with Crippen LogP contribution in [-0.2, 0) is 11.2 Å². The number of hydrogen-bond acceptors (Lipinski definition) is 2. The van der Waals surface area contributed by atoms with Crippen LogP contribution in [0.1, 0.15) is 39.2 Å². The number of nitrogens with one attached hydrogen (secondary N) is 1. The van der Waals surface area contributed by atoms with Gasteiger partial charge in [0.05, 0.1) is 6.04 Å². The fourth-order valence-electron chi connectivity index (χ4n) is 2.87. The van der Waals surface area contributed by atoms with E-state index in [4.69, 9.17) is 0 Å². The molecule has 1 aliphatic heterocycles. The lowest BCUT2D eigenvalue weighted by Gasteiger charge is -2.25. The Balaban J connectivity index is 1.84. The number of benzene rings is 1. The van der Waals surface area contributed by atoms with Crippen LogP contribution in [0, 0.1) is 0 Å². The molecule has 20 heavy (non-hydrogen) atoms. The van der Waals surface area contributed by atoms with Crippen LogP contribution in [0.2, 0.25) is 0 Å². The zero-order valence-electron chi connectivity index (χ0n) is 12.8. The number of nitrogens with zero attached hydrogens (tertiary/aromatic N) is 1. The minimum Gasteiger partial charge on any atom is -0.339 e. The lowest BCUT2D eigenvalue weighted by molar-refractivity contribution is -0.131. The summed E-state index contributed by atoms with van der Waals surface area (Å²) in [5.74, 6) is 0.277. The van der Waals surface area contributed by atoms with Crippen LogP contribution in [0.15, 0.2) is 30.3 Å². The smallest absolute Gasteiger partial charge is 0.240 e. The lowest BCUT2D eigenvalue weighted by Crippen LogP contribution is -2.44. The van der Waals surface area contributed by atoms with Gasteiger partial charge in [-0.3, -0.25) is 4.79 Å². The highest BCUT2D eigenvalue weighted by Gasteiger charge is 2.34. The number of carbonyl (C=O) groups excluding carboxylic acids is 1. The van der Waals surface area contributed by atoms with Gasteiger partial charge in [-0.25, -0.2) is 0 Å². The Kier molecular flexibility index (Phi) is 5.18. The fraction of sp³-hybridized carbons (Fsp3) is 0.588. The highest BCUT2D eigenvalue weighted by molar-refractivity contribution is 5.84. The molecule has 1 heterocycles. The number of likely N-dealkylation sites (tertiary alicyclic amines) is 1. The van der Waals surface area contributed by atoms with E-state index >= 15 is 0 Å². The summed E-state index contributed by atoms with van der Waals surface area (Å²) in [4.78, 5) is 14.4. The van der Waals surface area contributed by atoms with E-state index in [1.54, 1.807) is 0 Å².